The van der Waals surface area contributed by atoms with Crippen molar-refractivity contribution in [3.05, 3.63) is 28.8 Å². The number of benzene rings is 1. The van der Waals surface area contributed by atoms with Crippen LogP contribution in [-0.2, 0) is 13.8 Å². The highest BCUT2D eigenvalue weighted by Gasteiger charge is 2.25. The third-order valence-corrected chi connectivity index (χ3v) is 5.32. The van der Waals surface area contributed by atoms with Crippen LogP contribution < -0.4 is 5.32 Å². The number of hydrogen-bond acceptors (Lipinski definition) is 4. The number of rotatable bonds is 4. The van der Waals surface area contributed by atoms with Gasteiger partial charge in [-0.25, -0.2) is 8.42 Å². The largest absolute Gasteiger partial charge is 0.378 e. The van der Waals surface area contributed by atoms with Gasteiger partial charge < -0.3 is 10.1 Å². The molecule has 1 fully saturated rings. The first kappa shape index (κ1) is 16.5. The van der Waals surface area contributed by atoms with E-state index in [0.29, 0.717) is 13.2 Å². The van der Waals surface area contributed by atoms with Crippen molar-refractivity contribution in [2.45, 2.75) is 24.3 Å². The molecule has 1 aliphatic heterocycles. The summed E-state index contributed by atoms with van der Waals surface area (Å²) in [6.07, 6.45) is 0.998. The summed E-state index contributed by atoms with van der Waals surface area (Å²) in [7, 11) is 1.29. The molecule has 2 atom stereocenters. The summed E-state index contributed by atoms with van der Waals surface area (Å²) in [5.74, 6) is -0.107. The van der Waals surface area contributed by atoms with E-state index in [0.717, 1.165) is 6.42 Å². The maximum Gasteiger partial charge on any atom is 0.262 e. The van der Waals surface area contributed by atoms with Gasteiger partial charge in [0.2, 0.25) is 0 Å². The Morgan fingerprint density at radius 1 is 1.48 bits per heavy atom. The van der Waals surface area contributed by atoms with Gasteiger partial charge in [0.15, 0.2) is 0 Å². The molecule has 1 N–H and O–H groups in total. The Morgan fingerprint density at radius 3 is 2.76 bits per heavy atom. The minimum Gasteiger partial charge on any atom is -0.378 e. The molecule has 0 saturated carbocycles. The molecule has 0 bridgehead atoms. The normalized spacial score (nSPS) is 22.2. The van der Waals surface area contributed by atoms with Crippen LogP contribution in [0, 0.1) is 5.92 Å². The molecule has 1 amide bonds. The van der Waals surface area contributed by atoms with Gasteiger partial charge in [0.25, 0.3) is 15.0 Å². The van der Waals surface area contributed by atoms with Crippen molar-refractivity contribution in [2.75, 3.05) is 13.2 Å². The van der Waals surface area contributed by atoms with E-state index in [-0.39, 0.29) is 33.4 Å². The Hall–Kier alpha value is -0.820. The number of carbonyl (C=O) groups excluding carboxylic acids is 1. The van der Waals surface area contributed by atoms with Gasteiger partial charge in [0, 0.05) is 35.3 Å². The summed E-state index contributed by atoms with van der Waals surface area (Å²) >= 11 is 5.77. The van der Waals surface area contributed by atoms with Crippen LogP contribution in [-0.4, -0.2) is 33.6 Å². The molecule has 1 heterocycles. The lowest BCUT2D eigenvalue weighted by atomic mass is 10.0. The number of nitrogens with one attached hydrogen (secondary N) is 1. The predicted molar refractivity (Wildman–Crippen MR) is 80.3 cm³/mol. The zero-order valence-corrected chi connectivity index (χ0v) is 13.6. The number of hydrogen-bond donors (Lipinski definition) is 1. The Kier molecular flexibility index (Phi) is 5.14. The molecular formula is C13H15Cl2NO4S. The molecular weight excluding hydrogens is 337 g/mol. The van der Waals surface area contributed by atoms with Crippen LogP contribution in [0.3, 0.4) is 0 Å². The van der Waals surface area contributed by atoms with E-state index in [4.69, 9.17) is 27.0 Å². The predicted octanol–water partition coefficient (Wildman–Crippen LogP) is 2.42. The number of ether oxygens (including phenoxy) is 1. The molecule has 0 aliphatic carbocycles. The van der Waals surface area contributed by atoms with Crippen molar-refractivity contribution in [1.29, 1.82) is 0 Å². The maximum atomic E-state index is 12.1. The highest BCUT2D eigenvalue weighted by atomic mass is 35.7. The lowest BCUT2D eigenvalue weighted by molar-refractivity contribution is 0.0907. The van der Waals surface area contributed by atoms with E-state index in [1.165, 1.54) is 18.2 Å². The van der Waals surface area contributed by atoms with Gasteiger partial charge in [-0.3, -0.25) is 4.79 Å². The molecule has 2 unspecified atom stereocenters. The van der Waals surface area contributed by atoms with Gasteiger partial charge in [0.1, 0.15) is 4.90 Å². The van der Waals surface area contributed by atoms with Gasteiger partial charge in [-0.05, 0) is 31.5 Å². The van der Waals surface area contributed by atoms with Gasteiger partial charge in [-0.1, -0.05) is 11.6 Å². The maximum absolute atomic E-state index is 12.1. The fraction of sp³-hybridized carbons (Fsp3) is 0.462. The third-order valence-electron chi connectivity index (χ3n) is 3.51. The number of carbonyl (C=O) groups is 1. The highest BCUT2D eigenvalue weighted by Crippen LogP contribution is 2.26. The highest BCUT2D eigenvalue weighted by molar-refractivity contribution is 8.13. The lowest BCUT2D eigenvalue weighted by Gasteiger charge is -2.15. The number of amides is 1. The Morgan fingerprint density at radius 2 is 2.19 bits per heavy atom. The summed E-state index contributed by atoms with van der Waals surface area (Å²) in [4.78, 5) is 11.8. The second kappa shape index (κ2) is 6.52. The van der Waals surface area contributed by atoms with E-state index in [9.17, 15) is 13.2 Å². The smallest absolute Gasteiger partial charge is 0.262 e. The van der Waals surface area contributed by atoms with Crippen LogP contribution in [0.2, 0.25) is 5.02 Å². The number of halogens is 2. The monoisotopic (exact) mass is 351 g/mol. The Labute approximate surface area is 133 Å². The zero-order chi connectivity index (χ0) is 15.6. The summed E-state index contributed by atoms with van der Waals surface area (Å²) in [5.41, 5.74) is 0.199. The van der Waals surface area contributed by atoms with Crippen LogP contribution in [0.1, 0.15) is 23.7 Å². The topological polar surface area (TPSA) is 72.5 Å². The van der Waals surface area contributed by atoms with Crippen molar-refractivity contribution in [2.24, 2.45) is 5.92 Å². The second-order valence-electron chi connectivity index (χ2n) is 4.92. The van der Waals surface area contributed by atoms with Crippen molar-refractivity contribution in [1.82, 2.24) is 5.32 Å². The molecule has 1 aliphatic rings. The molecule has 5 nitrogen and oxygen atoms in total. The van der Waals surface area contributed by atoms with Crippen molar-refractivity contribution >= 4 is 37.2 Å². The summed E-state index contributed by atoms with van der Waals surface area (Å²) in [6, 6.07) is 3.97. The van der Waals surface area contributed by atoms with Gasteiger partial charge in [-0.2, -0.15) is 0 Å². The van der Waals surface area contributed by atoms with Crippen LogP contribution in [0.25, 0.3) is 0 Å². The lowest BCUT2D eigenvalue weighted by Crippen LogP contribution is -2.32. The third kappa shape index (κ3) is 4.10. The summed E-state index contributed by atoms with van der Waals surface area (Å²) in [5, 5.41) is 2.76. The van der Waals surface area contributed by atoms with Gasteiger partial charge >= 0.3 is 0 Å². The molecule has 1 aromatic rings. The second-order valence-corrected chi connectivity index (χ2v) is 7.86. The van der Waals surface area contributed by atoms with E-state index in [1.54, 1.807) is 0 Å². The fourth-order valence-electron chi connectivity index (χ4n) is 2.20. The molecule has 8 heteroatoms. The molecule has 2 rings (SSSR count). The zero-order valence-electron chi connectivity index (χ0n) is 11.3. The Bertz CT molecular complexity index is 648. The van der Waals surface area contributed by atoms with Crippen LogP contribution in [0.5, 0.6) is 0 Å². The average Bonchev–Trinajstić information content (AvgIpc) is 2.80. The van der Waals surface area contributed by atoms with E-state index < -0.39 is 9.05 Å². The van der Waals surface area contributed by atoms with Crippen LogP contribution in [0.15, 0.2) is 23.1 Å². The minimum absolute atomic E-state index is 0.0145. The van der Waals surface area contributed by atoms with Crippen LogP contribution >= 0.6 is 22.3 Å². The Balaban J connectivity index is 2.09. The first-order chi connectivity index (χ1) is 9.79. The van der Waals surface area contributed by atoms with Crippen molar-refractivity contribution in [3.63, 3.8) is 0 Å². The van der Waals surface area contributed by atoms with E-state index >= 15 is 0 Å². The van der Waals surface area contributed by atoms with Crippen molar-refractivity contribution < 1.29 is 17.9 Å². The average molecular weight is 352 g/mol. The van der Waals surface area contributed by atoms with Crippen LogP contribution in [0.4, 0.5) is 0 Å². The molecule has 0 spiro atoms. The molecule has 1 aromatic carbocycles. The minimum atomic E-state index is -3.99. The molecule has 0 radical (unpaired) electrons. The first-order valence-electron chi connectivity index (χ1n) is 6.43. The van der Waals surface area contributed by atoms with E-state index in [2.05, 4.69) is 5.32 Å². The standard InChI is InChI=1S/C13H15Cl2NO4S/c1-8-10(4-5-20-8)7-16-13(17)9-2-3-11(14)12(6-9)21(15,18)19/h2-3,6,8,10H,4-5,7H2,1H3,(H,16,17). The van der Waals surface area contributed by atoms with Crippen molar-refractivity contribution in [3.8, 4) is 0 Å². The quantitative estimate of drug-likeness (QED) is 0.845. The summed E-state index contributed by atoms with van der Waals surface area (Å²) in [6.45, 7) is 3.13. The molecule has 1 saturated heterocycles. The molecule has 21 heavy (non-hydrogen) atoms. The SMILES string of the molecule is CC1OCCC1CNC(=O)c1ccc(Cl)c(S(=O)(=O)Cl)c1. The van der Waals surface area contributed by atoms with Gasteiger partial charge in [0.05, 0.1) is 11.1 Å². The molecule has 116 valence electrons. The molecule has 0 aromatic heterocycles. The van der Waals surface area contributed by atoms with Gasteiger partial charge in [-0.15, -0.1) is 0 Å². The summed E-state index contributed by atoms with van der Waals surface area (Å²) < 4.78 is 28.2. The van der Waals surface area contributed by atoms with E-state index in [1.807, 2.05) is 6.92 Å². The fourth-order valence-corrected chi connectivity index (χ4v) is 3.69. The first-order valence-corrected chi connectivity index (χ1v) is 9.12.